The Kier molecular flexibility index (Phi) is 6.54. The van der Waals surface area contributed by atoms with Crippen molar-refractivity contribution >= 4 is 23.8 Å². The van der Waals surface area contributed by atoms with Crippen LogP contribution in [0.25, 0.3) is 0 Å². The molecule has 0 radical (unpaired) electrons. The minimum absolute atomic E-state index is 0.299. The number of carboxylic acids is 1. The highest BCUT2D eigenvalue weighted by Gasteiger charge is 2.23. The molecule has 0 spiro atoms. The molecular weight excluding hydrogens is 296 g/mol. The van der Waals surface area contributed by atoms with Crippen molar-refractivity contribution in [2.24, 2.45) is 0 Å². The SMILES string of the molecule is CC(C)(C)OC(=O)NC(CCSCc1ccno1)C(=O)O. The standard InChI is InChI=1S/C13H20N2O5S/c1-13(2,3)19-12(18)15-10(11(16)17)5-7-21-8-9-4-6-14-20-9/h4,6,10H,5,7-8H2,1-3H3,(H,15,18)(H,16,17). The van der Waals surface area contributed by atoms with Crippen LogP contribution in [0.5, 0.6) is 0 Å². The van der Waals surface area contributed by atoms with Gasteiger partial charge >= 0.3 is 12.1 Å². The normalized spacial score (nSPS) is 12.7. The summed E-state index contributed by atoms with van der Waals surface area (Å²) >= 11 is 1.51. The number of alkyl carbamates (subject to hydrolysis) is 1. The first-order chi connectivity index (χ1) is 9.78. The first kappa shape index (κ1) is 17.4. The van der Waals surface area contributed by atoms with Crippen molar-refractivity contribution in [3.05, 3.63) is 18.0 Å². The van der Waals surface area contributed by atoms with Gasteiger partial charge in [-0.25, -0.2) is 9.59 Å². The summed E-state index contributed by atoms with van der Waals surface area (Å²) in [5, 5.41) is 15.0. The van der Waals surface area contributed by atoms with Crippen molar-refractivity contribution in [2.75, 3.05) is 5.75 Å². The number of rotatable bonds is 7. The highest BCUT2D eigenvalue weighted by Crippen LogP contribution is 2.14. The minimum Gasteiger partial charge on any atom is -0.480 e. The van der Waals surface area contributed by atoms with E-state index in [2.05, 4.69) is 10.5 Å². The lowest BCUT2D eigenvalue weighted by Crippen LogP contribution is -2.43. The van der Waals surface area contributed by atoms with Gasteiger partial charge in [0.05, 0.1) is 11.9 Å². The molecule has 1 heterocycles. The van der Waals surface area contributed by atoms with Crippen molar-refractivity contribution in [3.63, 3.8) is 0 Å². The molecule has 21 heavy (non-hydrogen) atoms. The van der Waals surface area contributed by atoms with Gasteiger partial charge in [0, 0.05) is 6.07 Å². The lowest BCUT2D eigenvalue weighted by Gasteiger charge is -2.21. The van der Waals surface area contributed by atoms with Crippen LogP contribution in [-0.2, 0) is 15.3 Å². The van der Waals surface area contributed by atoms with Crippen molar-refractivity contribution in [1.82, 2.24) is 10.5 Å². The molecule has 2 N–H and O–H groups in total. The Morgan fingerprint density at radius 3 is 2.76 bits per heavy atom. The third-order valence-electron chi connectivity index (χ3n) is 2.28. The molecular formula is C13H20N2O5S. The van der Waals surface area contributed by atoms with Crippen LogP contribution in [0.3, 0.4) is 0 Å². The number of carbonyl (C=O) groups excluding carboxylic acids is 1. The second-order valence-electron chi connectivity index (χ2n) is 5.36. The molecule has 0 aliphatic rings. The third kappa shape index (κ3) is 7.60. The molecule has 1 aromatic rings. The number of nitrogens with one attached hydrogen (secondary N) is 1. The summed E-state index contributed by atoms with van der Waals surface area (Å²) in [7, 11) is 0. The molecule has 0 bridgehead atoms. The van der Waals surface area contributed by atoms with E-state index in [9.17, 15) is 9.59 Å². The Morgan fingerprint density at radius 1 is 1.52 bits per heavy atom. The van der Waals surface area contributed by atoms with Crippen molar-refractivity contribution < 1.29 is 24.0 Å². The van der Waals surface area contributed by atoms with E-state index < -0.39 is 23.7 Å². The van der Waals surface area contributed by atoms with Gasteiger partial charge in [-0.15, -0.1) is 0 Å². The van der Waals surface area contributed by atoms with Crippen LogP contribution < -0.4 is 5.32 Å². The summed E-state index contributed by atoms with van der Waals surface area (Å²) in [6.07, 6.45) is 1.13. The van der Waals surface area contributed by atoms with Gasteiger partial charge in [0.1, 0.15) is 17.4 Å². The summed E-state index contributed by atoms with van der Waals surface area (Å²) in [6, 6.07) is 0.780. The average Bonchev–Trinajstić information content (AvgIpc) is 2.83. The Balaban J connectivity index is 2.32. The maximum atomic E-state index is 11.6. The number of aliphatic carboxylic acids is 1. The second-order valence-corrected chi connectivity index (χ2v) is 6.46. The number of ether oxygens (including phenoxy) is 1. The summed E-state index contributed by atoms with van der Waals surface area (Å²) in [6.45, 7) is 5.15. The Bertz CT molecular complexity index is 456. The van der Waals surface area contributed by atoms with Gasteiger partial charge in [0.15, 0.2) is 0 Å². The van der Waals surface area contributed by atoms with E-state index >= 15 is 0 Å². The van der Waals surface area contributed by atoms with Crippen LogP contribution in [0.4, 0.5) is 4.79 Å². The van der Waals surface area contributed by atoms with E-state index in [0.717, 1.165) is 5.76 Å². The summed E-state index contributed by atoms with van der Waals surface area (Å²) in [4.78, 5) is 22.7. The molecule has 0 fully saturated rings. The Morgan fingerprint density at radius 2 is 2.24 bits per heavy atom. The Labute approximate surface area is 127 Å². The van der Waals surface area contributed by atoms with Crippen LogP contribution in [-0.4, -0.2) is 39.7 Å². The highest BCUT2D eigenvalue weighted by molar-refractivity contribution is 7.98. The van der Waals surface area contributed by atoms with Gasteiger partial charge < -0.3 is 19.7 Å². The third-order valence-corrected chi connectivity index (χ3v) is 3.29. The van der Waals surface area contributed by atoms with E-state index in [-0.39, 0.29) is 0 Å². The molecule has 1 rings (SSSR count). The van der Waals surface area contributed by atoms with Gasteiger partial charge in [0.25, 0.3) is 0 Å². The van der Waals surface area contributed by atoms with Crippen LogP contribution in [0.2, 0.25) is 0 Å². The second kappa shape index (κ2) is 7.92. The van der Waals surface area contributed by atoms with E-state index in [4.69, 9.17) is 14.4 Å². The van der Waals surface area contributed by atoms with Gasteiger partial charge in [-0.1, -0.05) is 5.16 Å². The van der Waals surface area contributed by atoms with Crippen molar-refractivity contribution in [3.8, 4) is 0 Å². The lowest BCUT2D eigenvalue weighted by atomic mass is 10.2. The molecule has 0 aliphatic heterocycles. The smallest absolute Gasteiger partial charge is 0.408 e. The number of carbonyl (C=O) groups is 2. The molecule has 1 atom stereocenters. The number of thioether (sulfide) groups is 1. The maximum absolute atomic E-state index is 11.6. The van der Waals surface area contributed by atoms with Crippen molar-refractivity contribution in [2.45, 2.75) is 44.6 Å². The molecule has 1 aromatic heterocycles. The van der Waals surface area contributed by atoms with Gasteiger partial charge in [-0.2, -0.15) is 11.8 Å². The number of nitrogens with zero attached hydrogens (tertiary/aromatic N) is 1. The van der Waals surface area contributed by atoms with Gasteiger partial charge in [-0.3, -0.25) is 0 Å². The van der Waals surface area contributed by atoms with Crippen molar-refractivity contribution in [1.29, 1.82) is 0 Å². The molecule has 7 nitrogen and oxygen atoms in total. The fourth-order valence-electron chi connectivity index (χ4n) is 1.40. The van der Waals surface area contributed by atoms with Gasteiger partial charge in [0.2, 0.25) is 0 Å². The summed E-state index contributed by atoms with van der Waals surface area (Å²) in [5.74, 6) is 0.819. The fourth-order valence-corrected chi connectivity index (χ4v) is 2.29. The summed E-state index contributed by atoms with van der Waals surface area (Å²) < 4.78 is 9.97. The lowest BCUT2D eigenvalue weighted by molar-refractivity contribution is -0.139. The van der Waals surface area contributed by atoms with Crippen LogP contribution in [0.15, 0.2) is 16.8 Å². The monoisotopic (exact) mass is 316 g/mol. The Hall–Kier alpha value is -1.70. The molecule has 0 saturated heterocycles. The summed E-state index contributed by atoms with van der Waals surface area (Å²) in [5.41, 5.74) is -0.659. The quantitative estimate of drug-likeness (QED) is 0.744. The minimum atomic E-state index is -1.08. The van der Waals surface area contributed by atoms with Crippen LogP contribution in [0.1, 0.15) is 33.0 Å². The van der Waals surface area contributed by atoms with E-state index in [1.54, 1.807) is 33.0 Å². The topological polar surface area (TPSA) is 102 Å². The number of hydrogen-bond donors (Lipinski definition) is 2. The van der Waals surface area contributed by atoms with Gasteiger partial charge in [-0.05, 0) is 32.9 Å². The number of carboxylic acid groups (broad SMARTS) is 1. The predicted octanol–water partition coefficient (Wildman–Crippen LogP) is 2.28. The van der Waals surface area contributed by atoms with E-state index in [0.29, 0.717) is 17.9 Å². The average molecular weight is 316 g/mol. The molecule has 0 saturated carbocycles. The molecule has 1 amide bonds. The zero-order valence-electron chi connectivity index (χ0n) is 12.3. The zero-order chi connectivity index (χ0) is 15.9. The van der Waals surface area contributed by atoms with Crippen LogP contribution >= 0.6 is 11.8 Å². The maximum Gasteiger partial charge on any atom is 0.408 e. The van der Waals surface area contributed by atoms with Crippen LogP contribution in [0, 0.1) is 0 Å². The molecule has 0 aliphatic carbocycles. The molecule has 118 valence electrons. The largest absolute Gasteiger partial charge is 0.480 e. The zero-order valence-corrected chi connectivity index (χ0v) is 13.1. The number of amides is 1. The fraction of sp³-hybridized carbons (Fsp3) is 0.615. The number of hydrogen-bond acceptors (Lipinski definition) is 6. The van der Waals surface area contributed by atoms with E-state index in [1.807, 2.05) is 0 Å². The first-order valence-corrected chi connectivity index (χ1v) is 7.63. The highest BCUT2D eigenvalue weighted by atomic mass is 32.2. The molecule has 1 unspecified atom stereocenters. The van der Waals surface area contributed by atoms with E-state index in [1.165, 1.54) is 11.8 Å². The molecule has 8 heteroatoms. The predicted molar refractivity (Wildman–Crippen MR) is 78.1 cm³/mol. The molecule has 0 aromatic carbocycles. The number of aromatic nitrogens is 1. The first-order valence-electron chi connectivity index (χ1n) is 6.47.